The van der Waals surface area contributed by atoms with E-state index in [0.717, 1.165) is 61.2 Å². The van der Waals surface area contributed by atoms with Crippen LogP contribution in [-0.2, 0) is 6.42 Å². The zero-order valence-electron chi connectivity index (χ0n) is 15.2. The second-order valence-corrected chi connectivity index (χ2v) is 7.11. The highest BCUT2D eigenvalue weighted by molar-refractivity contribution is 5.89. The van der Waals surface area contributed by atoms with Crippen molar-refractivity contribution in [3.05, 3.63) is 71.5 Å². The largest absolute Gasteiger partial charge is 0.478 e. The van der Waals surface area contributed by atoms with E-state index in [-0.39, 0.29) is 0 Å². The van der Waals surface area contributed by atoms with Gasteiger partial charge in [-0.1, -0.05) is 18.2 Å². The summed E-state index contributed by atoms with van der Waals surface area (Å²) in [5, 5.41) is 10.4. The van der Waals surface area contributed by atoms with Gasteiger partial charge >= 0.3 is 5.97 Å². The smallest absolute Gasteiger partial charge is 0.335 e. The predicted molar refractivity (Wildman–Crippen MR) is 105 cm³/mol. The number of carboxylic acids is 1. The highest BCUT2D eigenvalue weighted by Gasteiger charge is 2.22. The van der Waals surface area contributed by atoms with Gasteiger partial charge in [-0.05, 0) is 68.2 Å². The summed E-state index contributed by atoms with van der Waals surface area (Å²) in [6, 6.07) is 15.5. The molecule has 5 nitrogen and oxygen atoms in total. The number of hydrogen-bond acceptors (Lipinski definition) is 4. The molecular formula is C22H23N3O2. The molecule has 3 heterocycles. The summed E-state index contributed by atoms with van der Waals surface area (Å²) >= 11 is 0. The van der Waals surface area contributed by atoms with Crippen LogP contribution < -0.4 is 0 Å². The number of piperidine rings is 1. The van der Waals surface area contributed by atoms with Crippen LogP contribution in [0.25, 0.3) is 11.0 Å². The molecule has 0 unspecified atom stereocenters. The van der Waals surface area contributed by atoms with Crippen molar-refractivity contribution in [2.75, 3.05) is 19.6 Å². The first-order valence-electron chi connectivity index (χ1n) is 9.46. The first-order valence-corrected chi connectivity index (χ1v) is 9.46. The summed E-state index contributed by atoms with van der Waals surface area (Å²) in [6.07, 6.45) is 4.71. The molecular weight excluding hydrogens is 338 g/mol. The summed E-state index contributed by atoms with van der Waals surface area (Å²) in [5.74, 6) is -0.376. The standard InChI is InChI=1S/C22H23N3O2/c26-22(27)19-6-2-1-4-16(19)9-13-25-14-10-17(11-15-25)20-8-7-18-5-3-12-23-21(18)24-20/h1-8,12,17H,9-11,13-15H2,(H,26,27). The van der Waals surface area contributed by atoms with Crippen molar-refractivity contribution in [3.63, 3.8) is 0 Å². The molecule has 3 aromatic rings. The molecule has 0 bridgehead atoms. The third-order valence-corrected chi connectivity index (χ3v) is 5.44. The Balaban J connectivity index is 1.35. The van der Waals surface area contributed by atoms with Crippen molar-refractivity contribution in [2.45, 2.75) is 25.2 Å². The highest BCUT2D eigenvalue weighted by atomic mass is 16.4. The van der Waals surface area contributed by atoms with Gasteiger partial charge in [0.15, 0.2) is 5.65 Å². The number of carboxylic acid groups (broad SMARTS) is 1. The average molecular weight is 361 g/mol. The van der Waals surface area contributed by atoms with E-state index in [1.54, 1.807) is 18.3 Å². The van der Waals surface area contributed by atoms with Gasteiger partial charge < -0.3 is 10.0 Å². The van der Waals surface area contributed by atoms with Crippen molar-refractivity contribution in [1.29, 1.82) is 0 Å². The first kappa shape index (κ1) is 17.6. The molecule has 0 radical (unpaired) electrons. The van der Waals surface area contributed by atoms with E-state index >= 15 is 0 Å². The van der Waals surface area contributed by atoms with Gasteiger partial charge in [-0.15, -0.1) is 0 Å². The maximum absolute atomic E-state index is 11.3. The molecule has 27 heavy (non-hydrogen) atoms. The second-order valence-electron chi connectivity index (χ2n) is 7.11. The summed E-state index contributed by atoms with van der Waals surface area (Å²) < 4.78 is 0. The molecule has 2 aromatic heterocycles. The lowest BCUT2D eigenvalue weighted by Gasteiger charge is -2.31. The number of nitrogens with zero attached hydrogens (tertiary/aromatic N) is 3. The quantitative estimate of drug-likeness (QED) is 0.750. The first-order chi connectivity index (χ1) is 13.2. The van der Waals surface area contributed by atoms with Crippen molar-refractivity contribution < 1.29 is 9.90 Å². The van der Waals surface area contributed by atoms with Crippen molar-refractivity contribution in [1.82, 2.24) is 14.9 Å². The lowest BCUT2D eigenvalue weighted by molar-refractivity contribution is 0.0695. The van der Waals surface area contributed by atoms with Gasteiger partial charge in [-0.25, -0.2) is 14.8 Å². The maximum atomic E-state index is 11.3. The molecule has 1 saturated heterocycles. The number of hydrogen-bond donors (Lipinski definition) is 1. The molecule has 0 atom stereocenters. The maximum Gasteiger partial charge on any atom is 0.335 e. The van der Waals surface area contributed by atoms with Crippen LogP contribution >= 0.6 is 0 Å². The van der Waals surface area contributed by atoms with E-state index in [1.807, 2.05) is 24.3 Å². The summed E-state index contributed by atoms with van der Waals surface area (Å²) in [7, 11) is 0. The van der Waals surface area contributed by atoms with E-state index in [2.05, 4.69) is 22.0 Å². The number of benzene rings is 1. The van der Waals surface area contributed by atoms with E-state index in [4.69, 9.17) is 4.98 Å². The number of carbonyl (C=O) groups is 1. The molecule has 4 rings (SSSR count). The zero-order valence-corrected chi connectivity index (χ0v) is 15.2. The number of rotatable bonds is 5. The van der Waals surface area contributed by atoms with Gasteiger partial charge in [-0.3, -0.25) is 0 Å². The van der Waals surface area contributed by atoms with Crippen LogP contribution in [0.1, 0.15) is 40.4 Å². The summed E-state index contributed by atoms with van der Waals surface area (Å²) in [5.41, 5.74) is 3.29. The third-order valence-electron chi connectivity index (χ3n) is 5.44. The fourth-order valence-corrected chi connectivity index (χ4v) is 3.87. The Morgan fingerprint density at radius 2 is 1.89 bits per heavy atom. The Morgan fingerprint density at radius 1 is 1.07 bits per heavy atom. The van der Waals surface area contributed by atoms with Crippen LogP contribution in [0.4, 0.5) is 0 Å². The molecule has 0 aliphatic carbocycles. The third kappa shape index (κ3) is 3.98. The number of aromatic nitrogens is 2. The molecule has 5 heteroatoms. The minimum Gasteiger partial charge on any atom is -0.478 e. The lowest BCUT2D eigenvalue weighted by Crippen LogP contribution is -2.34. The SMILES string of the molecule is O=C(O)c1ccccc1CCN1CCC(c2ccc3cccnc3n2)CC1. The van der Waals surface area contributed by atoms with Crippen molar-refractivity contribution in [3.8, 4) is 0 Å². The number of pyridine rings is 2. The number of aromatic carboxylic acids is 1. The monoisotopic (exact) mass is 361 g/mol. The summed E-state index contributed by atoms with van der Waals surface area (Å²) in [6.45, 7) is 2.92. The number of likely N-dealkylation sites (tertiary alicyclic amines) is 1. The van der Waals surface area contributed by atoms with Crippen LogP contribution in [-0.4, -0.2) is 45.6 Å². The van der Waals surface area contributed by atoms with Crippen molar-refractivity contribution in [2.24, 2.45) is 0 Å². The molecule has 1 fully saturated rings. The Kier molecular flexibility index (Phi) is 5.12. The molecule has 1 aliphatic rings. The van der Waals surface area contributed by atoms with Crippen LogP contribution in [0.2, 0.25) is 0 Å². The predicted octanol–water partition coefficient (Wildman–Crippen LogP) is 3.75. The Bertz CT molecular complexity index is 949. The normalized spacial score (nSPS) is 15.9. The van der Waals surface area contributed by atoms with Gasteiger partial charge in [-0.2, -0.15) is 0 Å². The fraction of sp³-hybridized carbons (Fsp3) is 0.318. The Labute approximate surface area is 158 Å². The molecule has 1 aliphatic heterocycles. The highest BCUT2D eigenvalue weighted by Crippen LogP contribution is 2.28. The topological polar surface area (TPSA) is 66.3 Å². The van der Waals surface area contributed by atoms with Gasteiger partial charge in [0.2, 0.25) is 0 Å². The van der Waals surface area contributed by atoms with E-state index in [1.165, 1.54) is 0 Å². The second kappa shape index (κ2) is 7.84. The molecule has 1 aromatic carbocycles. The van der Waals surface area contributed by atoms with Crippen LogP contribution in [0.5, 0.6) is 0 Å². The molecule has 0 amide bonds. The molecule has 1 N–H and O–H groups in total. The summed E-state index contributed by atoms with van der Waals surface area (Å²) in [4.78, 5) is 22.9. The van der Waals surface area contributed by atoms with Gasteiger partial charge in [0, 0.05) is 29.7 Å². The van der Waals surface area contributed by atoms with E-state index < -0.39 is 5.97 Å². The number of fused-ring (bicyclic) bond motifs is 1. The van der Waals surface area contributed by atoms with E-state index in [0.29, 0.717) is 11.5 Å². The van der Waals surface area contributed by atoms with Crippen LogP contribution in [0.15, 0.2) is 54.7 Å². The molecule has 0 saturated carbocycles. The Hall–Kier alpha value is -2.79. The minimum absolute atomic E-state index is 0.417. The fourth-order valence-electron chi connectivity index (χ4n) is 3.87. The van der Waals surface area contributed by atoms with Crippen LogP contribution in [0.3, 0.4) is 0 Å². The van der Waals surface area contributed by atoms with Gasteiger partial charge in [0.1, 0.15) is 0 Å². The lowest BCUT2D eigenvalue weighted by atomic mass is 9.92. The average Bonchev–Trinajstić information content (AvgIpc) is 2.72. The minimum atomic E-state index is -0.847. The van der Waals surface area contributed by atoms with Crippen LogP contribution in [0, 0.1) is 0 Å². The van der Waals surface area contributed by atoms with Gasteiger partial charge in [0.05, 0.1) is 5.56 Å². The zero-order chi connectivity index (χ0) is 18.6. The van der Waals surface area contributed by atoms with Crippen molar-refractivity contribution >= 4 is 17.0 Å². The molecule has 138 valence electrons. The van der Waals surface area contributed by atoms with Gasteiger partial charge in [0.25, 0.3) is 0 Å². The van der Waals surface area contributed by atoms with E-state index in [9.17, 15) is 9.90 Å². The molecule has 0 spiro atoms. The Morgan fingerprint density at radius 3 is 2.70 bits per heavy atom.